The maximum absolute atomic E-state index is 8.89. The number of hydrogen-bond acceptors (Lipinski definition) is 10. The van der Waals surface area contributed by atoms with Crippen LogP contribution in [0, 0.1) is 62.2 Å². The SMILES string of the molecule is Brc1ccnc(-c2cc(Br)ccn2)c1.Brc1ccnc(-c2cc(Br)ccn2)c1.CC(=O)[O-].CC(=O)[O-].[O-2].[O-2].[O-2].[O-2].[O-][O-].[U].[U]. The largest absolute Gasteiger partial charge is 2.00 e. The van der Waals surface area contributed by atoms with Crippen LogP contribution in [0.1, 0.15) is 13.8 Å². The molecule has 0 saturated carbocycles. The predicted molar refractivity (Wildman–Crippen MR) is 150 cm³/mol. The van der Waals surface area contributed by atoms with Crippen molar-refractivity contribution >= 4 is 75.7 Å². The van der Waals surface area contributed by atoms with Gasteiger partial charge >= 0.3 is 0 Å². The van der Waals surface area contributed by atoms with E-state index in [1.54, 1.807) is 24.8 Å². The number of nitrogens with zero attached hydrogens (tertiary/aromatic N) is 4. The first kappa shape index (κ1) is 58.8. The summed E-state index contributed by atoms with van der Waals surface area (Å²) in [7, 11) is 0. The number of pyridine rings is 4. The first-order valence-electron chi connectivity index (χ1n) is 9.96. The van der Waals surface area contributed by atoms with Gasteiger partial charge in [-0.3, -0.25) is 19.9 Å². The molecule has 4 aromatic rings. The summed E-state index contributed by atoms with van der Waals surface area (Å²) in [5.74, 6) is -2.17. The first-order chi connectivity index (χ1) is 18.0. The molecule has 0 spiro atoms. The number of aliphatic carboxylic acids is 2. The summed E-state index contributed by atoms with van der Waals surface area (Å²) in [6, 6.07) is 15.3. The minimum atomic E-state index is -1.08. The number of carboxylic acids is 2. The van der Waals surface area contributed by atoms with Crippen molar-refractivity contribution in [3.8, 4) is 22.8 Å². The van der Waals surface area contributed by atoms with E-state index in [1.807, 2.05) is 48.5 Å². The van der Waals surface area contributed by atoms with Crippen molar-refractivity contribution in [2.24, 2.45) is 0 Å². The van der Waals surface area contributed by atoms with Crippen molar-refractivity contribution in [3.63, 3.8) is 0 Å². The van der Waals surface area contributed by atoms with Crippen LogP contribution in [0.4, 0.5) is 0 Å². The van der Waals surface area contributed by atoms with Crippen molar-refractivity contribution in [1.29, 1.82) is 0 Å². The average molecular weight is 1320 g/mol. The molecule has 4 rings (SSSR count). The van der Waals surface area contributed by atoms with Gasteiger partial charge in [0.15, 0.2) is 0 Å². The molecule has 0 aliphatic heterocycles. The van der Waals surface area contributed by atoms with Gasteiger partial charge in [-0.1, -0.05) is 63.7 Å². The van der Waals surface area contributed by atoms with E-state index in [0.29, 0.717) is 0 Å². The molecule has 20 heteroatoms. The molecule has 0 fully saturated rings. The first-order valence-corrected chi connectivity index (χ1v) is 13.1. The minimum absolute atomic E-state index is 0. The molecule has 0 unspecified atom stereocenters. The fourth-order valence-corrected chi connectivity index (χ4v) is 3.52. The van der Waals surface area contributed by atoms with Gasteiger partial charge in [-0.05, 0) is 62.4 Å². The summed E-state index contributed by atoms with van der Waals surface area (Å²) in [6.45, 7) is 1.94. The zero-order chi connectivity index (χ0) is 29.1. The van der Waals surface area contributed by atoms with E-state index < -0.39 is 11.9 Å². The van der Waals surface area contributed by atoms with Crippen LogP contribution >= 0.6 is 63.7 Å². The van der Waals surface area contributed by atoms with Crippen LogP contribution < -0.4 is 20.7 Å². The number of carbonyl (C=O) groups excluding carboxylic acids is 2. The molecule has 0 aromatic carbocycles. The molecule has 242 valence electrons. The van der Waals surface area contributed by atoms with Gasteiger partial charge in [0.2, 0.25) is 0 Å². The van der Waals surface area contributed by atoms with Crippen LogP contribution in [0.15, 0.2) is 91.2 Å². The van der Waals surface area contributed by atoms with Crippen LogP contribution in [0.2, 0.25) is 0 Å². The quantitative estimate of drug-likeness (QED) is 0.208. The Hall–Kier alpha value is -0.676. The van der Waals surface area contributed by atoms with E-state index in [9.17, 15) is 0 Å². The fraction of sp³-hybridized carbons (Fsp3) is 0.0833. The van der Waals surface area contributed by atoms with E-state index >= 15 is 0 Å². The van der Waals surface area contributed by atoms with Crippen LogP contribution in [-0.4, -0.2) is 31.9 Å². The molecule has 4 heterocycles. The average Bonchev–Trinajstić information content (AvgIpc) is 2.85. The van der Waals surface area contributed by atoms with E-state index in [1.165, 1.54) is 0 Å². The normalized spacial score (nSPS) is 7.73. The Kier molecular flexibility index (Phi) is 47.0. The molecule has 14 nitrogen and oxygen atoms in total. The number of rotatable bonds is 2. The standard InChI is InChI=1S/2C10H6Br2N2.2C2H4O2.O2.4O.2U/c2*11-7-1-3-13-9(5-7)10-6-8(12)2-4-14-10;2*1-2(3)4;1-2;;;;;;/h2*1-6H;2*1H3,(H,3,4);;;;;;;/q;;;;5*-2;;/p-2. The molecule has 0 aliphatic carbocycles. The topological polar surface area (TPSA) is 292 Å². The number of hydrogen-bond donors (Lipinski definition) is 0. The molecule has 44 heavy (non-hydrogen) atoms. The third-order valence-corrected chi connectivity index (χ3v) is 5.39. The van der Waals surface area contributed by atoms with Gasteiger partial charge < -0.3 is 52.2 Å². The second kappa shape index (κ2) is 35.2. The van der Waals surface area contributed by atoms with E-state index in [2.05, 4.69) is 83.7 Å². The summed E-state index contributed by atoms with van der Waals surface area (Å²) in [6.07, 6.45) is 7.01. The molecule has 4 aromatic heterocycles. The number of halogens is 4. The van der Waals surface area contributed by atoms with Crippen molar-refractivity contribution in [2.75, 3.05) is 0 Å². The summed E-state index contributed by atoms with van der Waals surface area (Å²) < 4.78 is 4.02. The Bertz CT molecular complexity index is 1130. The van der Waals surface area contributed by atoms with Crippen LogP contribution in [0.3, 0.4) is 0 Å². The maximum Gasteiger partial charge on any atom is 0.0897 e. The third kappa shape index (κ3) is 30.0. The number of carbonyl (C=O) groups is 2. The van der Waals surface area contributed by atoms with Gasteiger partial charge in [-0.15, -0.1) is 0 Å². The number of carboxylic acid groups (broad SMARTS) is 2. The zero-order valence-electron chi connectivity index (χ0n) is 22.3. The van der Waals surface area contributed by atoms with Gasteiger partial charge in [0.25, 0.3) is 0 Å². The summed E-state index contributed by atoms with van der Waals surface area (Å²) in [4.78, 5) is 34.7. The molecule has 0 radical (unpaired) electrons. The van der Waals surface area contributed by atoms with E-state index in [4.69, 9.17) is 30.3 Å². The van der Waals surface area contributed by atoms with E-state index in [0.717, 1.165) is 54.5 Å². The second-order valence-corrected chi connectivity index (χ2v) is 10.1. The molecular formula is C24H18Br4N4O10U2-12. The van der Waals surface area contributed by atoms with Gasteiger partial charge in [-0.2, -0.15) is 0 Å². The minimum Gasteiger partial charge on any atom is -2.00 e. The summed E-state index contributed by atoms with van der Waals surface area (Å²) in [5.41, 5.74) is 3.45. The van der Waals surface area contributed by atoms with Crippen molar-refractivity contribution in [3.05, 3.63) is 91.2 Å². The monoisotopic (exact) mass is 1310 g/mol. The van der Waals surface area contributed by atoms with Crippen LogP contribution in [0.5, 0.6) is 0 Å². The molecule has 0 amide bonds. The number of aromatic nitrogens is 4. The molecular weight excluding hydrogens is 1300 g/mol. The summed E-state index contributed by atoms with van der Waals surface area (Å²) in [5, 5.41) is 31.8. The van der Waals surface area contributed by atoms with Crippen molar-refractivity contribution in [1.82, 2.24) is 19.9 Å². The Balaban J connectivity index is -0.0000000869. The zero-order valence-corrected chi connectivity index (χ0v) is 37.0. The maximum atomic E-state index is 8.89. The Morgan fingerprint density at radius 1 is 0.500 bits per heavy atom. The molecule has 0 saturated heterocycles. The van der Waals surface area contributed by atoms with E-state index in [-0.39, 0.29) is 84.1 Å². The molecule has 0 N–H and O–H groups in total. The molecule has 0 bridgehead atoms. The second-order valence-electron chi connectivity index (χ2n) is 6.42. The van der Waals surface area contributed by atoms with Gasteiger partial charge in [0.05, 0.1) is 22.8 Å². The summed E-state index contributed by atoms with van der Waals surface area (Å²) >= 11 is 13.6. The van der Waals surface area contributed by atoms with Crippen LogP contribution in [-0.2, 0) is 31.5 Å². The predicted octanol–water partition coefficient (Wildman–Crippen LogP) is 2.00. The van der Waals surface area contributed by atoms with Gasteiger partial charge in [0.1, 0.15) is 0 Å². The Morgan fingerprint density at radius 2 is 0.636 bits per heavy atom. The van der Waals surface area contributed by atoms with Gasteiger partial charge in [0, 0.05) is 117 Å². The van der Waals surface area contributed by atoms with Crippen molar-refractivity contribution in [2.45, 2.75) is 13.8 Å². The van der Waals surface area contributed by atoms with Gasteiger partial charge in [-0.25, -0.2) is 0 Å². The fourth-order valence-electron chi connectivity index (χ4n) is 2.18. The third-order valence-electron chi connectivity index (χ3n) is 3.41. The Morgan fingerprint density at radius 3 is 0.750 bits per heavy atom. The smallest absolute Gasteiger partial charge is 0.0897 e. The molecule has 0 aliphatic rings. The molecule has 0 atom stereocenters. The van der Waals surface area contributed by atoms with Crippen LogP contribution in [0.25, 0.3) is 22.8 Å². The Labute approximate surface area is 334 Å². The van der Waals surface area contributed by atoms with Crippen molar-refractivity contribution < 1.29 is 114 Å².